The normalized spacial score (nSPS) is 27.6. The molecule has 180 valence electrons. The molecule has 3 fully saturated rings. The van der Waals surface area contributed by atoms with Crippen molar-refractivity contribution in [1.82, 2.24) is 20.7 Å². The molecule has 0 bridgehead atoms. The SMILES string of the molecule is CC(C)(C(=O)O)N1Cc2cc(NC3NN([C@@H](CC#N)C4CC4)C4CCNC(=O)C34)ccc2C1=O. The van der Waals surface area contributed by atoms with E-state index in [1.165, 1.54) is 18.7 Å². The summed E-state index contributed by atoms with van der Waals surface area (Å²) in [5.41, 5.74) is 4.18. The third-order valence-corrected chi connectivity index (χ3v) is 7.71. The summed E-state index contributed by atoms with van der Waals surface area (Å²) in [5.74, 6) is -1.20. The molecule has 2 amide bonds. The molecule has 1 saturated carbocycles. The van der Waals surface area contributed by atoms with Gasteiger partial charge in [-0.25, -0.2) is 15.2 Å². The van der Waals surface area contributed by atoms with Crippen molar-refractivity contribution in [1.29, 1.82) is 5.26 Å². The zero-order valence-electron chi connectivity index (χ0n) is 19.4. The highest BCUT2D eigenvalue weighted by molar-refractivity contribution is 6.01. The Balaban J connectivity index is 1.37. The van der Waals surface area contributed by atoms with E-state index < -0.39 is 11.5 Å². The van der Waals surface area contributed by atoms with Gasteiger partial charge in [-0.15, -0.1) is 0 Å². The van der Waals surface area contributed by atoms with Crippen LogP contribution in [0.5, 0.6) is 0 Å². The van der Waals surface area contributed by atoms with Gasteiger partial charge >= 0.3 is 5.97 Å². The average Bonchev–Trinajstić information content (AvgIpc) is 3.49. The Hall–Kier alpha value is -3.16. The number of anilines is 1. The number of fused-ring (bicyclic) bond motifs is 2. The Bertz CT molecular complexity index is 1080. The number of nitrogens with one attached hydrogen (secondary N) is 3. The lowest BCUT2D eigenvalue weighted by Gasteiger charge is -2.34. The monoisotopic (exact) mass is 466 g/mol. The molecule has 3 heterocycles. The fourth-order valence-electron chi connectivity index (χ4n) is 5.53. The molecule has 4 atom stereocenters. The number of benzene rings is 1. The summed E-state index contributed by atoms with van der Waals surface area (Å²) in [4.78, 5) is 38.7. The first-order valence-corrected chi connectivity index (χ1v) is 11.9. The maximum atomic E-state index is 12.8. The number of nitrogens with zero attached hydrogens (tertiary/aromatic N) is 3. The van der Waals surface area contributed by atoms with Crippen LogP contribution in [0, 0.1) is 23.2 Å². The molecule has 5 rings (SSSR count). The van der Waals surface area contributed by atoms with Gasteiger partial charge in [0.1, 0.15) is 11.7 Å². The minimum Gasteiger partial charge on any atom is -0.480 e. The molecule has 0 radical (unpaired) electrons. The van der Waals surface area contributed by atoms with E-state index in [9.17, 15) is 24.8 Å². The van der Waals surface area contributed by atoms with Crippen LogP contribution in [-0.2, 0) is 16.1 Å². The summed E-state index contributed by atoms with van der Waals surface area (Å²) in [6.45, 7) is 3.87. The zero-order chi connectivity index (χ0) is 24.2. The van der Waals surface area contributed by atoms with Gasteiger partial charge in [0.25, 0.3) is 5.91 Å². The molecule has 3 unspecified atom stereocenters. The number of piperidine rings is 1. The van der Waals surface area contributed by atoms with Crippen molar-refractivity contribution >= 4 is 23.5 Å². The van der Waals surface area contributed by atoms with Crippen LogP contribution in [-0.4, -0.2) is 63.1 Å². The summed E-state index contributed by atoms with van der Waals surface area (Å²) < 4.78 is 0. The van der Waals surface area contributed by atoms with Gasteiger partial charge in [-0.2, -0.15) is 5.26 Å². The molecular weight excluding hydrogens is 436 g/mol. The lowest BCUT2D eigenvalue weighted by Crippen LogP contribution is -2.52. The number of hydrogen-bond donors (Lipinski definition) is 4. The number of carbonyl (C=O) groups excluding carboxylic acids is 2. The number of carboxylic acid groups (broad SMARTS) is 1. The molecule has 4 aliphatic rings. The number of rotatable bonds is 7. The second kappa shape index (κ2) is 8.25. The fraction of sp³-hybridized carbons (Fsp3) is 0.583. The molecule has 1 aromatic rings. The topological polar surface area (TPSA) is 138 Å². The summed E-state index contributed by atoms with van der Waals surface area (Å²) >= 11 is 0. The van der Waals surface area contributed by atoms with Crippen molar-refractivity contribution < 1.29 is 19.5 Å². The van der Waals surface area contributed by atoms with E-state index in [1.54, 1.807) is 12.1 Å². The molecule has 1 aliphatic carbocycles. The van der Waals surface area contributed by atoms with E-state index in [0.29, 0.717) is 24.4 Å². The lowest BCUT2D eigenvalue weighted by atomic mass is 9.90. The number of hydrogen-bond acceptors (Lipinski definition) is 7. The quantitative estimate of drug-likeness (QED) is 0.471. The van der Waals surface area contributed by atoms with Gasteiger partial charge < -0.3 is 20.6 Å². The summed E-state index contributed by atoms with van der Waals surface area (Å²) in [6.07, 6.45) is 3.09. The van der Waals surface area contributed by atoms with Crippen LogP contribution in [0.2, 0.25) is 0 Å². The summed E-state index contributed by atoms with van der Waals surface area (Å²) in [6, 6.07) is 7.77. The number of nitriles is 1. The summed E-state index contributed by atoms with van der Waals surface area (Å²) in [5, 5.41) is 27.5. The first-order valence-electron chi connectivity index (χ1n) is 11.9. The van der Waals surface area contributed by atoms with E-state index >= 15 is 0 Å². The molecule has 0 spiro atoms. The van der Waals surface area contributed by atoms with Crippen molar-refractivity contribution in [2.45, 2.75) is 69.9 Å². The standard InChI is InChI=1S/C24H30N6O4/c1-24(2,23(33)34)29-12-14-11-15(5-6-16(14)22(29)32)27-20-19-18(8-10-26-21(19)31)30(28-20)17(7-9-25)13-3-4-13/h5-6,11,13,17-20,27-28H,3-4,7-8,10,12H2,1-2H3,(H,26,31)(H,33,34)/t17-,18?,19?,20?/m0/s1. The van der Waals surface area contributed by atoms with E-state index in [1.807, 2.05) is 6.07 Å². The van der Waals surface area contributed by atoms with Gasteiger partial charge in [0.15, 0.2) is 0 Å². The fourth-order valence-corrected chi connectivity index (χ4v) is 5.53. The minimum atomic E-state index is -1.32. The smallest absolute Gasteiger partial charge is 0.329 e. The Kier molecular flexibility index (Phi) is 5.49. The van der Waals surface area contributed by atoms with E-state index in [2.05, 4.69) is 27.1 Å². The molecule has 34 heavy (non-hydrogen) atoms. The highest BCUT2D eigenvalue weighted by Crippen LogP contribution is 2.41. The van der Waals surface area contributed by atoms with E-state index in [4.69, 9.17) is 0 Å². The van der Waals surface area contributed by atoms with Crippen molar-refractivity contribution in [3.05, 3.63) is 29.3 Å². The van der Waals surface area contributed by atoms with Gasteiger partial charge in [0.05, 0.1) is 18.4 Å². The van der Waals surface area contributed by atoms with Crippen LogP contribution in [0.4, 0.5) is 5.69 Å². The third-order valence-electron chi connectivity index (χ3n) is 7.71. The maximum absolute atomic E-state index is 12.8. The Morgan fingerprint density at radius 1 is 1.32 bits per heavy atom. The minimum absolute atomic E-state index is 0.00747. The highest BCUT2D eigenvalue weighted by atomic mass is 16.4. The number of hydrazine groups is 1. The van der Waals surface area contributed by atoms with Crippen molar-refractivity contribution in [3.8, 4) is 6.07 Å². The lowest BCUT2D eigenvalue weighted by molar-refractivity contribution is -0.147. The number of carboxylic acids is 1. The first-order chi connectivity index (χ1) is 16.2. The zero-order valence-corrected chi connectivity index (χ0v) is 19.4. The number of carbonyl (C=O) groups is 3. The van der Waals surface area contributed by atoms with E-state index in [-0.39, 0.29) is 42.5 Å². The second-order valence-electron chi connectivity index (χ2n) is 10.2. The molecule has 4 N–H and O–H groups in total. The maximum Gasteiger partial charge on any atom is 0.329 e. The largest absolute Gasteiger partial charge is 0.480 e. The van der Waals surface area contributed by atoms with Crippen molar-refractivity contribution in [2.75, 3.05) is 11.9 Å². The molecule has 2 saturated heterocycles. The molecule has 10 nitrogen and oxygen atoms in total. The number of aliphatic carboxylic acids is 1. The summed E-state index contributed by atoms with van der Waals surface area (Å²) in [7, 11) is 0. The van der Waals surface area contributed by atoms with Gasteiger partial charge in [-0.05, 0) is 62.8 Å². The second-order valence-corrected chi connectivity index (χ2v) is 10.2. The van der Waals surface area contributed by atoms with Crippen LogP contribution < -0.4 is 16.1 Å². The van der Waals surface area contributed by atoms with Crippen molar-refractivity contribution in [2.24, 2.45) is 11.8 Å². The molecule has 10 heteroatoms. The van der Waals surface area contributed by atoms with Crippen LogP contribution in [0.15, 0.2) is 18.2 Å². The van der Waals surface area contributed by atoms with E-state index in [0.717, 1.165) is 30.5 Å². The van der Waals surface area contributed by atoms with Crippen LogP contribution >= 0.6 is 0 Å². The molecular formula is C24H30N6O4. The van der Waals surface area contributed by atoms with Crippen molar-refractivity contribution in [3.63, 3.8) is 0 Å². The molecule has 0 aromatic heterocycles. The first kappa shape index (κ1) is 22.6. The third kappa shape index (κ3) is 3.69. The van der Waals surface area contributed by atoms with Gasteiger partial charge in [-0.3, -0.25) is 9.59 Å². The number of amides is 2. The predicted octanol–water partition coefficient (Wildman–Crippen LogP) is 1.26. The van der Waals surface area contributed by atoms with Gasteiger partial charge in [0, 0.05) is 36.4 Å². The predicted molar refractivity (Wildman–Crippen MR) is 122 cm³/mol. The van der Waals surface area contributed by atoms with Crippen LogP contribution in [0.1, 0.15) is 55.5 Å². The molecule has 1 aromatic carbocycles. The Morgan fingerprint density at radius 2 is 2.09 bits per heavy atom. The highest BCUT2D eigenvalue weighted by Gasteiger charge is 2.52. The van der Waals surface area contributed by atoms with Gasteiger partial charge in [-0.1, -0.05) is 0 Å². The van der Waals surface area contributed by atoms with Crippen LogP contribution in [0.3, 0.4) is 0 Å². The van der Waals surface area contributed by atoms with Crippen LogP contribution in [0.25, 0.3) is 0 Å². The Labute approximate surface area is 198 Å². The van der Waals surface area contributed by atoms with Gasteiger partial charge in [0.2, 0.25) is 5.91 Å². The Morgan fingerprint density at radius 3 is 2.76 bits per heavy atom. The molecule has 3 aliphatic heterocycles. The average molecular weight is 467 g/mol.